The summed E-state index contributed by atoms with van der Waals surface area (Å²) < 4.78 is 15.2. The molecule has 0 saturated carbocycles. The highest BCUT2D eigenvalue weighted by Gasteiger charge is 2.34. The van der Waals surface area contributed by atoms with Crippen LogP contribution in [-0.4, -0.2) is 43.1 Å². The predicted molar refractivity (Wildman–Crippen MR) is 109 cm³/mol. The number of imide groups is 1. The van der Waals surface area contributed by atoms with Gasteiger partial charge in [0, 0.05) is 5.39 Å². The third kappa shape index (κ3) is 3.97. The number of carbonyl (C=O) groups is 3. The van der Waals surface area contributed by atoms with Gasteiger partial charge >= 0.3 is 11.7 Å². The maximum Gasteiger partial charge on any atom is 0.417 e. The Morgan fingerprint density at radius 2 is 1.90 bits per heavy atom. The minimum absolute atomic E-state index is 0.139. The number of cyclic esters (lactones) is 1. The Kier molecular flexibility index (Phi) is 5.40. The van der Waals surface area contributed by atoms with Gasteiger partial charge in [0.2, 0.25) is 0 Å². The third-order valence-electron chi connectivity index (χ3n) is 4.90. The number of ether oxygens (including phenoxy) is 2. The number of nitrogens with one attached hydrogen (secondary N) is 1. The summed E-state index contributed by atoms with van der Waals surface area (Å²) in [6, 6.07) is 14.5. The molecule has 2 aromatic carbocycles. The first-order valence-electron chi connectivity index (χ1n) is 9.41. The smallest absolute Gasteiger partial charge is 0.417 e. The van der Waals surface area contributed by atoms with E-state index in [1.807, 2.05) is 0 Å². The fourth-order valence-electron chi connectivity index (χ4n) is 3.33. The van der Waals surface area contributed by atoms with Crippen LogP contribution in [0.15, 0.2) is 63.8 Å². The Morgan fingerprint density at radius 1 is 1.13 bits per heavy atom. The number of carbonyl (C=O) groups excluding carboxylic acids is 3. The Balaban J connectivity index is 1.66. The molecule has 1 atom stereocenters. The second-order valence-electron chi connectivity index (χ2n) is 6.82. The Hall–Kier alpha value is -4.14. The SMILES string of the molecule is COc1cccc2cc(C(=O)N[C@H](CN3C(=O)COC3=O)c3ccccc3)c(=O)oc12. The zero-order chi connectivity index (χ0) is 22.0. The van der Waals surface area contributed by atoms with Crippen LogP contribution >= 0.6 is 0 Å². The maximum absolute atomic E-state index is 13.0. The molecule has 1 saturated heterocycles. The number of methoxy groups -OCH3 is 1. The largest absolute Gasteiger partial charge is 0.493 e. The summed E-state index contributed by atoms with van der Waals surface area (Å²) in [6.45, 7) is -0.482. The molecule has 0 aliphatic carbocycles. The fraction of sp³-hybridized carbons (Fsp3) is 0.182. The molecular weight excluding hydrogens is 404 g/mol. The molecule has 3 aromatic rings. The lowest BCUT2D eigenvalue weighted by Crippen LogP contribution is -2.41. The minimum atomic E-state index is -0.835. The summed E-state index contributed by atoms with van der Waals surface area (Å²) in [4.78, 5) is 50.2. The van der Waals surface area contributed by atoms with E-state index in [-0.39, 0.29) is 24.3 Å². The number of rotatable bonds is 6. The van der Waals surface area contributed by atoms with E-state index in [0.29, 0.717) is 16.7 Å². The lowest BCUT2D eigenvalue weighted by atomic mass is 10.1. The van der Waals surface area contributed by atoms with Crippen LogP contribution in [0.1, 0.15) is 22.0 Å². The monoisotopic (exact) mass is 422 g/mol. The average molecular weight is 422 g/mol. The predicted octanol–water partition coefficient (Wildman–Crippen LogP) is 2.25. The summed E-state index contributed by atoms with van der Waals surface area (Å²) >= 11 is 0. The van der Waals surface area contributed by atoms with Crippen LogP contribution in [0.5, 0.6) is 5.75 Å². The van der Waals surface area contributed by atoms with Gasteiger partial charge in [-0.2, -0.15) is 0 Å². The van der Waals surface area contributed by atoms with Gasteiger partial charge in [0.25, 0.3) is 11.8 Å². The molecule has 9 heteroatoms. The molecule has 1 fully saturated rings. The number of hydrogen-bond acceptors (Lipinski definition) is 7. The number of amides is 3. The zero-order valence-electron chi connectivity index (χ0n) is 16.5. The van der Waals surface area contributed by atoms with Crippen molar-refractivity contribution in [3.8, 4) is 5.75 Å². The maximum atomic E-state index is 13.0. The van der Waals surface area contributed by atoms with Gasteiger partial charge in [0.15, 0.2) is 17.9 Å². The summed E-state index contributed by atoms with van der Waals surface area (Å²) in [7, 11) is 1.45. The second kappa shape index (κ2) is 8.31. The molecule has 4 rings (SSSR count). The van der Waals surface area contributed by atoms with Crippen molar-refractivity contribution < 1.29 is 28.3 Å². The Labute approximate surface area is 176 Å². The zero-order valence-corrected chi connectivity index (χ0v) is 16.5. The van der Waals surface area contributed by atoms with Gasteiger partial charge < -0.3 is 19.2 Å². The van der Waals surface area contributed by atoms with Crippen molar-refractivity contribution in [3.63, 3.8) is 0 Å². The van der Waals surface area contributed by atoms with Crippen molar-refractivity contribution in [1.82, 2.24) is 10.2 Å². The van der Waals surface area contributed by atoms with Crippen molar-refractivity contribution in [2.45, 2.75) is 6.04 Å². The molecular formula is C22H18N2O7. The topological polar surface area (TPSA) is 115 Å². The van der Waals surface area contributed by atoms with E-state index in [4.69, 9.17) is 13.9 Å². The highest BCUT2D eigenvalue weighted by molar-refractivity contribution is 5.99. The Bertz CT molecular complexity index is 1200. The fourth-order valence-corrected chi connectivity index (χ4v) is 3.33. The van der Waals surface area contributed by atoms with Gasteiger partial charge in [0.05, 0.1) is 19.7 Å². The molecule has 1 aliphatic rings. The molecule has 31 heavy (non-hydrogen) atoms. The average Bonchev–Trinajstić information content (AvgIpc) is 3.10. The van der Waals surface area contributed by atoms with E-state index >= 15 is 0 Å². The number of fused-ring (bicyclic) bond motifs is 1. The molecule has 3 amide bonds. The molecule has 2 heterocycles. The van der Waals surface area contributed by atoms with Crippen LogP contribution in [0.3, 0.4) is 0 Å². The van der Waals surface area contributed by atoms with E-state index in [2.05, 4.69) is 5.32 Å². The second-order valence-corrected chi connectivity index (χ2v) is 6.82. The lowest BCUT2D eigenvalue weighted by molar-refractivity contribution is -0.126. The molecule has 1 aromatic heterocycles. The summed E-state index contributed by atoms with van der Waals surface area (Å²) in [5.74, 6) is -0.834. The van der Waals surface area contributed by atoms with Crippen molar-refractivity contribution in [1.29, 1.82) is 0 Å². The van der Waals surface area contributed by atoms with Crippen LogP contribution in [-0.2, 0) is 9.53 Å². The van der Waals surface area contributed by atoms with E-state index < -0.39 is 29.6 Å². The molecule has 1 N–H and O–H groups in total. The van der Waals surface area contributed by atoms with Crippen LogP contribution in [0.25, 0.3) is 11.0 Å². The summed E-state index contributed by atoms with van der Waals surface area (Å²) in [6.07, 6.45) is -0.780. The molecule has 0 spiro atoms. The van der Waals surface area contributed by atoms with Crippen LogP contribution in [0, 0.1) is 0 Å². The molecule has 0 unspecified atom stereocenters. The normalized spacial score (nSPS) is 14.4. The summed E-state index contributed by atoms with van der Waals surface area (Å²) in [5.41, 5.74) is -0.165. The highest BCUT2D eigenvalue weighted by atomic mass is 16.6. The van der Waals surface area contributed by atoms with Gasteiger partial charge in [-0.25, -0.2) is 14.5 Å². The van der Waals surface area contributed by atoms with E-state index in [1.54, 1.807) is 48.5 Å². The Morgan fingerprint density at radius 3 is 2.58 bits per heavy atom. The van der Waals surface area contributed by atoms with Crippen LogP contribution < -0.4 is 15.7 Å². The standard InChI is InChI=1S/C22H18N2O7/c1-29-17-9-5-8-14-10-15(21(27)31-19(14)17)20(26)23-16(13-6-3-2-4-7-13)11-24-18(25)12-30-22(24)28/h2-10,16H,11-12H2,1H3,(H,23,26)/t16-/m1/s1. The lowest BCUT2D eigenvalue weighted by Gasteiger charge is -2.22. The number of hydrogen-bond donors (Lipinski definition) is 1. The number of para-hydroxylation sites is 1. The molecule has 0 bridgehead atoms. The van der Waals surface area contributed by atoms with Gasteiger partial charge in [-0.05, 0) is 17.7 Å². The van der Waals surface area contributed by atoms with Crippen molar-refractivity contribution >= 4 is 28.9 Å². The first kappa shape index (κ1) is 20.1. The number of nitrogens with zero attached hydrogens (tertiary/aromatic N) is 1. The van der Waals surface area contributed by atoms with Crippen molar-refractivity contribution in [2.75, 3.05) is 20.3 Å². The minimum Gasteiger partial charge on any atom is -0.493 e. The summed E-state index contributed by atoms with van der Waals surface area (Å²) in [5, 5.41) is 3.23. The van der Waals surface area contributed by atoms with Gasteiger partial charge in [-0.1, -0.05) is 42.5 Å². The van der Waals surface area contributed by atoms with Crippen LogP contribution in [0.2, 0.25) is 0 Å². The number of benzene rings is 2. The molecule has 0 radical (unpaired) electrons. The van der Waals surface area contributed by atoms with Gasteiger partial charge in [0.1, 0.15) is 5.56 Å². The first-order valence-corrected chi connectivity index (χ1v) is 9.41. The highest BCUT2D eigenvalue weighted by Crippen LogP contribution is 2.25. The van der Waals surface area contributed by atoms with Crippen molar-refractivity contribution in [2.24, 2.45) is 0 Å². The van der Waals surface area contributed by atoms with Gasteiger partial charge in [-0.15, -0.1) is 0 Å². The quantitative estimate of drug-likeness (QED) is 0.606. The van der Waals surface area contributed by atoms with Crippen molar-refractivity contribution in [3.05, 3.63) is 76.1 Å². The van der Waals surface area contributed by atoms with Gasteiger partial charge in [-0.3, -0.25) is 9.59 Å². The first-order chi connectivity index (χ1) is 15.0. The molecule has 1 aliphatic heterocycles. The van der Waals surface area contributed by atoms with E-state index in [0.717, 1.165) is 4.90 Å². The van der Waals surface area contributed by atoms with E-state index in [1.165, 1.54) is 13.2 Å². The molecule has 9 nitrogen and oxygen atoms in total. The van der Waals surface area contributed by atoms with E-state index in [9.17, 15) is 19.2 Å². The van der Waals surface area contributed by atoms with Crippen LogP contribution in [0.4, 0.5) is 4.79 Å². The molecule has 158 valence electrons. The third-order valence-corrected chi connectivity index (χ3v) is 4.90.